The van der Waals surface area contributed by atoms with Gasteiger partial charge in [-0.15, -0.1) is 0 Å². The second-order valence-corrected chi connectivity index (χ2v) is 6.37. The van der Waals surface area contributed by atoms with Crippen molar-refractivity contribution in [3.63, 3.8) is 0 Å². The lowest BCUT2D eigenvalue weighted by Crippen LogP contribution is -2.46. The third-order valence-corrected chi connectivity index (χ3v) is 4.17. The van der Waals surface area contributed by atoms with E-state index < -0.39 is 0 Å². The van der Waals surface area contributed by atoms with Crippen molar-refractivity contribution in [2.24, 2.45) is 0 Å². The Labute approximate surface area is 113 Å². The second-order valence-electron chi connectivity index (χ2n) is 5.52. The molecule has 2 nitrogen and oxygen atoms in total. The van der Waals surface area contributed by atoms with Crippen LogP contribution in [-0.4, -0.2) is 25.2 Å². The van der Waals surface area contributed by atoms with Gasteiger partial charge in [-0.2, -0.15) is 0 Å². The highest BCUT2D eigenvalue weighted by Crippen LogP contribution is 2.25. The van der Waals surface area contributed by atoms with Crippen molar-refractivity contribution in [3.8, 4) is 0 Å². The van der Waals surface area contributed by atoms with Gasteiger partial charge >= 0.3 is 0 Å². The van der Waals surface area contributed by atoms with Gasteiger partial charge in [0.2, 0.25) is 0 Å². The molecule has 1 aliphatic rings. The molecule has 0 spiro atoms. The van der Waals surface area contributed by atoms with Crippen LogP contribution in [-0.2, 0) is 0 Å². The number of nitrogens with one attached hydrogen (secondary N) is 1. The minimum absolute atomic E-state index is 0.188. The average Bonchev–Trinajstić information content (AvgIpc) is 2.43. The van der Waals surface area contributed by atoms with Crippen LogP contribution in [0, 0.1) is 6.92 Å². The van der Waals surface area contributed by atoms with Gasteiger partial charge in [-0.1, -0.05) is 22.0 Å². The van der Waals surface area contributed by atoms with Crippen LogP contribution in [0.3, 0.4) is 0 Å². The van der Waals surface area contributed by atoms with Gasteiger partial charge in [-0.05, 0) is 51.4 Å². The zero-order valence-corrected chi connectivity index (χ0v) is 12.5. The highest BCUT2D eigenvalue weighted by Gasteiger charge is 2.24. The Morgan fingerprint density at radius 2 is 2.12 bits per heavy atom. The summed E-state index contributed by atoms with van der Waals surface area (Å²) in [5.74, 6) is 0. The van der Waals surface area contributed by atoms with Crippen molar-refractivity contribution in [1.29, 1.82) is 0 Å². The van der Waals surface area contributed by atoms with Crippen molar-refractivity contribution in [1.82, 2.24) is 5.32 Å². The molecule has 1 fully saturated rings. The van der Waals surface area contributed by atoms with Gasteiger partial charge in [0.25, 0.3) is 0 Å². The molecule has 1 aliphatic heterocycles. The minimum Gasteiger partial charge on any atom is -0.370 e. The molecule has 0 bridgehead atoms. The summed E-state index contributed by atoms with van der Waals surface area (Å²) in [7, 11) is 0. The smallest absolute Gasteiger partial charge is 0.0378 e. The van der Waals surface area contributed by atoms with E-state index in [1.54, 1.807) is 0 Å². The lowest BCUT2D eigenvalue weighted by atomic mass is 10.1. The monoisotopic (exact) mass is 296 g/mol. The summed E-state index contributed by atoms with van der Waals surface area (Å²) < 4.78 is 1.20. The molecule has 0 saturated carbocycles. The molecule has 0 aromatic heterocycles. The van der Waals surface area contributed by atoms with Crippen LogP contribution in [0.4, 0.5) is 5.69 Å². The Morgan fingerprint density at radius 3 is 2.82 bits per heavy atom. The Balaban J connectivity index is 2.22. The number of hydrogen-bond acceptors (Lipinski definition) is 2. The third kappa shape index (κ3) is 3.23. The maximum atomic E-state index is 3.62. The Kier molecular flexibility index (Phi) is 3.79. The first kappa shape index (κ1) is 12.9. The molecule has 0 radical (unpaired) electrons. The van der Waals surface area contributed by atoms with Crippen LogP contribution in [0.25, 0.3) is 0 Å². The Morgan fingerprint density at radius 1 is 1.35 bits per heavy atom. The van der Waals surface area contributed by atoms with Gasteiger partial charge < -0.3 is 10.2 Å². The molecule has 2 rings (SSSR count). The van der Waals surface area contributed by atoms with Crippen molar-refractivity contribution < 1.29 is 0 Å². The van der Waals surface area contributed by atoms with Crippen LogP contribution >= 0.6 is 15.9 Å². The minimum atomic E-state index is 0.188. The lowest BCUT2D eigenvalue weighted by Gasteiger charge is -2.31. The number of nitrogens with zero attached hydrogens (tertiary/aromatic N) is 1. The molecule has 1 heterocycles. The highest BCUT2D eigenvalue weighted by molar-refractivity contribution is 9.10. The van der Waals surface area contributed by atoms with E-state index in [-0.39, 0.29) is 5.54 Å². The molecular weight excluding hydrogens is 276 g/mol. The van der Waals surface area contributed by atoms with Gasteiger partial charge in [-0.3, -0.25) is 0 Å². The third-order valence-electron chi connectivity index (χ3n) is 3.32. The summed E-state index contributed by atoms with van der Waals surface area (Å²) in [6.45, 7) is 9.97. The number of benzene rings is 1. The van der Waals surface area contributed by atoms with Crippen LogP contribution < -0.4 is 10.2 Å². The predicted octanol–water partition coefficient (Wildman–Crippen LogP) is 3.34. The number of hydrogen-bond donors (Lipinski definition) is 1. The van der Waals surface area contributed by atoms with Crippen LogP contribution in [0.1, 0.15) is 25.8 Å². The first-order valence-corrected chi connectivity index (χ1v) is 7.03. The van der Waals surface area contributed by atoms with Crippen molar-refractivity contribution in [3.05, 3.63) is 28.2 Å². The SMILES string of the molecule is Cc1ccc(N2CCCNC(C)(C)C2)cc1Br. The van der Waals surface area contributed by atoms with E-state index in [9.17, 15) is 0 Å². The van der Waals surface area contributed by atoms with Crippen LogP contribution in [0.5, 0.6) is 0 Å². The Hall–Kier alpha value is -0.540. The molecule has 1 N–H and O–H groups in total. The number of rotatable bonds is 1. The summed E-state index contributed by atoms with van der Waals surface area (Å²) in [5, 5.41) is 3.59. The molecule has 0 aliphatic carbocycles. The molecule has 1 aromatic rings. The zero-order valence-electron chi connectivity index (χ0n) is 10.9. The standard InChI is InChI=1S/C14H21BrN2/c1-11-5-6-12(9-13(11)15)17-8-4-7-16-14(2,3)10-17/h5-6,9,16H,4,7-8,10H2,1-3H3. The fourth-order valence-corrected chi connectivity index (χ4v) is 2.67. The fourth-order valence-electron chi connectivity index (χ4n) is 2.31. The number of aryl methyl sites for hydroxylation is 1. The van der Waals surface area contributed by atoms with E-state index in [2.05, 4.69) is 65.1 Å². The van der Waals surface area contributed by atoms with Crippen molar-refractivity contribution in [2.45, 2.75) is 32.7 Å². The zero-order chi connectivity index (χ0) is 12.5. The number of anilines is 1. The van der Waals surface area contributed by atoms with E-state index in [0.29, 0.717) is 0 Å². The van der Waals surface area contributed by atoms with Crippen LogP contribution in [0.2, 0.25) is 0 Å². The van der Waals surface area contributed by atoms with Crippen LogP contribution in [0.15, 0.2) is 22.7 Å². The van der Waals surface area contributed by atoms with Gasteiger partial charge in [0.05, 0.1) is 0 Å². The summed E-state index contributed by atoms with van der Waals surface area (Å²) >= 11 is 3.62. The fraction of sp³-hybridized carbons (Fsp3) is 0.571. The molecule has 94 valence electrons. The second kappa shape index (κ2) is 4.99. The average molecular weight is 297 g/mol. The topological polar surface area (TPSA) is 15.3 Å². The highest BCUT2D eigenvalue weighted by atomic mass is 79.9. The normalized spacial score (nSPS) is 20.1. The predicted molar refractivity (Wildman–Crippen MR) is 77.8 cm³/mol. The largest absolute Gasteiger partial charge is 0.370 e. The quantitative estimate of drug-likeness (QED) is 0.855. The molecule has 0 atom stereocenters. The van der Waals surface area contributed by atoms with E-state index in [1.807, 2.05) is 0 Å². The van der Waals surface area contributed by atoms with Gasteiger partial charge in [0, 0.05) is 28.8 Å². The van der Waals surface area contributed by atoms with E-state index in [0.717, 1.165) is 19.6 Å². The van der Waals surface area contributed by atoms with Gasteiger partial charge in [0.1, 0.15) is 0 Å². The molecule has 17 heavy (non-hydrogen) atoms. The van der Waals surface area contributed by atoms with Crippen molar-refractivity contribution >= 4 is 21.6 Å². The summed E-state index contributed by atoms with van der Waals surface area (Å²) in [6.07, 6.45) is 1.20. The maximum Gasteiger partial charge on any atom is 0.0378 e. The summed E-state index contributed by atoms with van der Waals surface area (Å²) in [5.41, 5.74) is 2.80. The molecular formula is C14H21BrN2. The lowest BCUT2D eigenvalue weighted by molar-refractivity contribution is 0.416. The van der Waals surface area contributed by atoms with Crippen molar-refractivity contribution in [2.75, 3.05) is 24.5 Å². The Bertz CT molecular complexity index is 401. The van der Waals surface area contributed by atoms with E-state index in [1.165, 1.54) is 22.1 Å². The van der Waals surface area contributed by atoms with E-state index in [4.69, 9.17) is 0 Å². The van der Waals surface area contributed by atoms with Gasteiger partial charge in [-0.25, -0.2) is 0 Å². The number of halogens is 1. The first-order valence-electron chi connectivity index (χ1n) is 6.24. The molecule has 1 saturated heterocycles. The first-order chi connectivity index (χ1) is 7.98. The summed E-state index contributed by atoms with van der Waals surface area (Å²) in [6, 6.07) is 6.64. The molecule has 3 heteroatoms. The molecule has 0 unspecified atom stereocenters. The molecule has 1 aromatic carbocycles. The summed E-state index contributed by atoms with van der Waals surface area (Å²) in [4.78, 5) is 2.48. The van der Waals surface area contributed by atoms with Gasteiger partial charge in [0.15, 0.2) is 0 Å². The maximum absolute atomic E-state index is 3.62. The molecule has 0 amide bonds. The van der Waals surface area contributed by atoms with E-state index >= 15 is 0 Å².